The Balaban J connectivity index is 2.56. The number of carbonyl (C=O) groups excluding carboxylic acids is 1. The largest absolute Gasteiger partial charge is 0.477 e. The molecule has 0 atom stereocenters. The average molecular weight is 240 g/mol. The highest BCUT2D eigenvalue weighted by Crippen LogP contribution is 2.14. The molecule has 15 heavy (non-hydrogen) atoms. The predicted octanol–water partition coefficient (Wildman–Crippen LogP) is 2.08. The molecule has 1 N–H and O–H groups in total. The van der Waals surface area contributed by atoms with E-state index in [0.717, 1.165) is 23.1 Å². The van der Waals surface area contributed by atoms with Crippen molar-refractivity contribution in [3.8, 4) is 11.8 Å². The third-order valence-electron chi connectivity index (χ3n) is 1.38. The van der Waals surface area contributed by atoms with E-state index in [9.17, 15) is 9.59 Å². The van der Waals surface area contributed by atoms with Gasteiger partial charge in [0.1, 0.15) is 4.88 Å². The maximum absolute atomic E-state index is 10.6. The molecule has 1 heterocycles. The molecule has 0 aliphatic heterocycles. The fraction of sp³-hybridized carbons (Fsp3) is 0.200. The van der Waals surface area contributed by atoms with Gasteiger partial charge in [0.25, 0.3) is 0 Å². The van der Waals surface area contributed by atoms with Crippen LogP contribution in [0.2, 0.25) is 0 Å². The van der Waals surface area contributed by atoms with Crippen LogP contribution in [-0.4, -0.2) is 21.9 Å². The quantitative estimate of drug-likeness (QED) is 0.804. The molecule has 1 aromatic rings. The van der Waals surface area contributed by atoms with Gasteiger partial charge in [-0.1, -0.05) is 23.6 Å². The van der Waals surface area contributed by atoms with Crippen molar-refractivity contribution < 1.29 is 14.7 Å². The second kappa shape index (κ2) is 5.59. The number of rotatable bonds is 2. The third kappa shape index (κ3) is 4.19. The van der Waals surface area contributed by atoms with Gasteiger partial charge in [0.2, 0.25) is 0 Å². The molecule has 0 radical (unpaired) electrons. The highest BCUT2D eigenvalue weighted by Gasteiger charge is 2.04. The Morgan fingerprint density at radius 2 is 2.27 bits per heavy atom. The van der Waals surface area contributed by atoms with Crippen molar-refractivity contribution in [3.63, 3.8) is 0 Å². The van der Waals surface area contributed by atoms with Crippen molar-refractivity contribution in [2.45, 2.75) is 6.92 Å². The summed E-state index contributed by atoms with van der Waals surface area (Å²) in [5.74, 6) is 5.10. The van der Waals surface area contributed by atoms with Gasteiger partial charge in [-0.2, -0.15) is 0 Å². The van der Waals surface area contributed by atoms with E-state index in [-0.39, 0.29) is 9.99 Å². The third-order valence-corrected chi connectivity index (χ3v) is 3.06. The van der Waals surface area contributed by atoms with Gasteiger partial charge in [-0.25, -0.2) is 4.79 Å². The predicted molar refractivity (Wildman–Crippen MR) is 61.3 cm³/mol. The van der Waals surface area contributed by atoms with E-state index in [2.05, 4.69) is 11.8 Å². The van der Waals surface area contributed by atoms with Crippen molar-refractivity contribution in [2.75, 3.05) is 5.75 Å². The molecule has 0 fully saturated rings. The molecule has 0 amide bonds. The van der Waals surface area contributed by atoms with Crippen molar-refractivity contribution in [2.24, 2.45) is 0 Å². The molecule has 0 aliphatic rings. The summed E-state index contributed by atoms with van der Waals surface area (Å²) in [6.45, 7) is 1.49. The first kappa shape index (κ1) is 11.8. The minimum Gasteiger partial charge on any atom is -0.477 e. The monoisotopic (exact) mass is 240 g/mol. The zero-order valence-electron chi connectivity index (χ0n) is 7.94. The Bertz CT molecular complexity index is 437. The van der Waals surface area contributed by atoms with Crippen LogP contribution in [0, 0.1) is 11.8 Å². The Kier molecular flexibility index (Phi) is 4.40. The summed E-state index contributed by atoms with van der Waals surface area (Å²) in [7, 11) is 0. The number of carboxylic acids is 1. The van der Waals surface area contributed by atoms with E-state index in [1.54, 1.807) is 6.07 Å². The van der Waals surface area contributed by atoms with E-state index in [0.29, 0.717) is 10.6 Å². The van der Waals surface area contributed by atoms with Crippen LogP contribution in [-0.2, 0) is 4.79 Å². The van der Waals surface area contributed by atoms with E-state index in [4.69, 9.17) is 5.11 Å². The summed E-state index contributed by atoms with van der Waals surface area (Å²) in [5.41, 5.74) is 0. The fourth-order valence-electron chi connectivity index (χ4n) is 0.781. The molecular formula is C10H8O3S2. The standard InChI is InChI=1S/C10H8O3S2/c1-7(11)14-6-2-3-8-4-5-9(15-8)10(12)13/h4-5H,6H2,1H3,(H,12,13). The van der Waals surface area contributed by atoms with Gasteiger partial charge in [0, 0.05) is 6.92 Å². The molecule has 1 rings (SSSR count). The maximum Gasteiger partial charge on any atom is 0.345 e. The molecular weight excluding hydrogens is 232 g/mol. The van der Waals surface area contributed by atoms with Gasteiger partial charge >= 0.3 is 5.97 Å². The lowest BCUT2D eigenvalue weighted by molar-refractivity contribution is -0.109. The Hall–Kier alpha value is -1.25. The van der Waals surface area contributed by atoms with Crippen LogP contribution in [0.4, 0.5) is 0 Å². The molecule has 0 spiro atoms. The number of carbonyl (C=O) groups is 2. The summed E-state index contributed by atoms with van der Waals surface area (Å²) in [6.07, 6.45) is 0. The molecule has 78 valence electrons. The number of carboxylic acid groups (broad SMARTS) is 1. The highest BCUT2D eigenvalue weighted by molar-refractivity contribution is 8.13. The van der Waals surface area contributed by atoms with E-state index >= 15 is 0 Å². The maximum atomic E-state index is 10.6. The van der Waals surface area contributed by atoms with Gasteiger partial charge < -0.3 is 5.11 Å². The van der Waals surface area contributed by atoms with E-state index in [1.807, 2.05) is 0 Å². The summed E-state index contributed by atoms with van der Waals surface area (Å²) >= 11 is 2.27. The van der Waals surface area contributed by atoms with Crippen molar-refractivity contribution >= 4 is 34.2 Å². The number of hydrogen-bond donors (Lipinski definition) is 1. The molecule has 0 aromatic carbocycles. The zero-order chi connectivity index (χ0) is 11.3. The highest BCUT2D eigenvalue weighted by atomic mass is 32.2. The van der Waals surface area contributed by atoms with Crippen LogP contribution in [0.25, 0.3) is 0 Å². The van der Waals surface area contributed by atoms with Crippen molar-refractivity contribution in [1.82, 2.24) is 0 Å². The Labute approximate surface area is 95.5 Å². The molecule has 1 aromatic heterocycles. The van der Waals surface area contributed by atoms with Crippen molar-refractivity contribution in [3.05, 3.63) is 21.9 Å². The molecule has 0 aliphatic carbocycles. The van der Waals surface area contributed by atoms with Gasteiger partial charge in [0.05, 0.1) is 10.6 Å². The van der Waals surface area contributed by atoms with Gasteiger partial charge in [0.15, 0.2) is 5.12 Å². The summed E-state index contributed by atoms with van der Waals surface area (Å²) in [5, 5.41) is 8.69. The van der Waals surface area contributed by atoms with E-state index < -0.39 is 5.97 Å². The van der Waals surface area contributed by atoms with E-state index in [1.165, 1.54) is 13.0 Å². The van der Waals surface area contributed by atoms with Gasteiger partial charge in [-0.3, -0.25) is 4.79 Å². The number of thiophene rings is 1. The number of hydrogen-bond acceptors (Lipinski definition) is 4. The van der Waals surface area contributed by atoms with Gasteiger partial charge in [-0.15, -0.1) is 11.3 Å². The Morgan fingerprint density at radius 3 is 2.80 bits per heavy atom. The topological polar surface area (TPSA) is 54.4 Å². The molecule has 0 bridgehead atoms. The first-order valence-electron chi connectivity index (χ1n) is 4.05. The minimum absolute atomic E-state index is 0.0294. The molecule has 3 nitrogen and oxygen atoms in total. The summed E-state index contributed by atoms with van der Waals surface area (Å²) < 4.78 is 0. The molecule has 5 heteroatoms. The van der Waals surface area contributed by atoms with Crippen LogP contribution in [0.3, 0.4) is 0 Å². The fourth-order valence-corrected chi connectivity index (χ4v) is 1.85. The lowest BCUT2D eigenvalue weighted by Gasteiger charge is -1.84. The van der Waals surface area contributed by atoms with Gasteiger partial charge in [-0.05, 0) is 12.1 Å². The van der Waals surface area contributed by atoms with Crippen LogP contribution >= 0.6 is 23.1 Å². The smallest absolute Gasteiger partial charge is 0.345 e. The average Bonchev–Trinajstić information content (AvgIpc) is 2.60. The van der Waals surface area contributed by atoms with Crippen LogP contribution in [0.1, 0.15) is 21.5 Å². The number of thioether (sulfide) groups is 1. The lowest BCUT2D eigenvalue weighted by atomic mass is 10.4. The second-order valence-corrected chi connectivity index (χ2v) is 4.79. The first-order chi connectivity index (χ1) is 7.09. The molecule has 0 saturated heterocycles. The normalized spacial score (nSPS) is 9.13. The van der Waals surface area contributed by atoms with Crippen LogP contribution < -0.4 is 0 Å². The van der Waals surface area contributed by atoms with Crippen LogP contribution in [0.15, 0.2) is 12.1 Å². The second-order valence-electron chi connectivity index (χ2n) is 2.55. The van der Waals surface area contributed by atoms with Crippen molar-refractivity contribution in [1.29, 1.82) is 0 Å². The zero-order valence-corrected chi connectivity index (χ0v) is 9.58. The SMILES string of the molecule is CC(=O)SCC#Cc1ccc(C(=O)O)s1. The van der Waals surface area contributed by atoms with Crippen LogP contribution in [0.5, 0.6) is 0 Å². The minimum atomic E-state index is -0.939. The molecule has 0 saturated carbocycles. The summed E-state index contributed by atoms with van der Waals surface area (Å²) in [4.78, 5) is 22.1. The summed E-state index contributed by atoms with van der Waals surface area (Å²) in [6, 6.07) is 3.19. The molecule has 0 unspecified atom stereocenters. The first-order valence-corrected chi connectivity index (χ1v) is 5.85. The number of aromatic carboxylic acids is 1. The Morgan fingerprint density at radius 1 is 1.53 bits per heavy atom. The lowest BCUT2D eigenvalue weighted by Crippen LogP contribution is -1.89.